The molecule has 0 aliphatic rings. The number of rotatable bonds is 6. The van der Waals surface area contributed by atoms with E-state index in [-0.39, 0.29) is 5.56 Å². The molecule has 0 saturated carbocycles. The summed E-state index contributed by atoms with van der Waals surface area (Å²) in [5, 5.41) is 4.91. The smallest absolute Gasteiger partial charge is 0.283 e. The van der Waals surface area contributed by atoms with E-state index in [1.165, 1.54) is 22.3 Å². The van der Waals surface area contributed by atoms with Gasteiger partial charge in [-0.15, -0.1) is 11.3 Å². The van der Waals surface area contributed by atoms with Gasteiger partial charge in [0.1, 0.15) is 11.2 Å². The van der Waals surface area contributed by atoms with Crippen molar-refractivity contribution in [2.45, 2.75) is 6.92 Å². The second-order valence-corrected chi connectivity index (χ2v) is 7.88. The molecule has 0 aliphatic heterocycles. The van der Waals surface area contributed by atoms with Gasteiger partial charge in [-0.3, -0.25) is 4.79 Å². The molecule has 4 aromatic rings. The monoisotopic (exact) mass is 435 g/mol. The third-order valence-corrected chi connectivity index (χ3v) is 5.87. The molecule has 0 spiro atoms. The number of thiophene rings is 1. The largest absolute Gasteiger partial charge is 0.493 e. The van der Waals surface area contributed by atoms with Gasteiger partial charge >= 0.3 is 0 Å². The zero-order chi connectivity index (χ0) is 22.0. The first-order chi connectivity index (χ1) is 15.1. The lowest BCUT2D eigenvalue weighted by atomic mass is 10.0. The second-order valence-electron chi connectivity index (χ2n) is 6.68. The number of aryl methyl sites for hydroxylation is 1. The van der Waals surface area contributed by atoms with Gasteiger partial charge in [0.15, 0.2) is 11.5 Å². The first-order valence-electron chi connectivity index (χ1n) is 9.48. The minimum absolute atomic E-state index is 0.225. The molecule has 0 radical (unpaired) electrons. The van der Waals surface area contributed by atoms with Crippen LogP contribution in [0.4, 0.5) is 0 Å². The van der Waals surface area contributed by atoms with Crippen molar-refractivity contribution in [2.24, 2.45) is 5.10 Å². The van der Waals surface area contributed by atoms with Gasteiger partial charge in [-0.25, -0.2) is 4.98 Å². The zero-order valence-electron chi connectivity index (χ0n) is 17.6. The van der Waals surface area contributed by atoms with Crippen molar-refractivity contribution in [1.29, 1.82) is 0 Å². The standard InChI is InChI=1S/C23H21N3O4S/c1-14-19(16-8-6-5-7-9-16)20-22(31-14)24-13-26(23(20)27)25-12-15-10-17(28-2)21(30-4)18(11-15)29-3/h5-13H,1-4H3. The summed E-state index contributed by atoms with van der Waals surface area (Å²) < 4.78 is 17.3. The fourth-order valence-corrected chi connectivity index (χ4v) is 4.44. The van der Waals surface area contributed by atoms with E-state index < -0.39 is 0 Å². The zero-order valence-corrected chi connectivity index (χ0v) is 18.4. The molecule has 2 aromatic carbocycles. The molecule has 7 nitrogen and oxygen atoms in total. The highest BCUT2D eigenvalue weighted by Gasteiger charge is 2.17. The summed E-state index contributed by atoms with van der Waals surface area (Å²) in [6.07, 6.45) is 2.99. The number of ether oxygens (including phenoxy) is 3. The lowest BCUT2D eigenvalue weighted by molar-refractivity contribution is 0.324. The van der Waals surface area contributed by atoms with Crippen LogP contribution in [0.25, 0.3) is 21.3 Å². The van der Waals surface area contributed by atoms with Crippen molar-refractivity contribution < 1.29 is 14.2 Å². The Balaban J connectivity index is 1.81. The maximum absolute atomic E-state index is 13.3. The molecule has 0 amide bonds. The molecule has 2 heterocycles. The summed E-state index contributed by atoms with van der Waals surface area (Å²) in [5.41, 5.74) is 2.34. The molecule has 158 valence electrons. The molecule has 4 rings (SSSR count). The Morgan fingerprint density at radius 1 is 1.03 bits per heavy atom. The SMILES string of the molecule is COc1cc(C=Nn2cnc3sc(C)c(-c4ccccc4)c3c2=O)cc(OC)c1OC. The maximum Gasteiger partial charge on any atom is 0.283 e. The first-order valence-corrected chi connectivity index (χ1v) is 10.3. The molecule has 8 heteroatoms. The maximum atomic E-state index is 13.3. The van der Waals surface area contributed by atoms with Gasteiger partial charge in [-0.05, 0) is 24.6 Å². The van der Waals surface area contributed by atoms with Crippen LogP contribution in [-0.4, -0.2) is 37.2 Å². The van der Waals surface area contributed by atoms with E-state index in [2.05, 4.69) is 10.1 Å². The van der Waals surface area contributed by atoms with Crippen LogP contribution in [0, 0.1) is 6.92 Å². The average Bonchev–Trinajstić information content (AvgIpc) is 3.15. The molecule has 0 bridgehead atoms. The lowest BCUT2D eigenvalue weighted by Crippen LogP contribution is -2.16. The van der Waals surface area contributed by atoms with E-state index in [9.17, 15) is 4.79 Å². The summed E-state index contributed by atoms with van der Waals surface area (Å²) in [7, 11) is 4.64. The molecule has 0 fully saturated rings. The highest BCUT2D eigenvalue weighted by molar-refractivity contribution is 7.19. The van der Waals surface area contributed by atoms with E-state index in [0.29, 0.717) is 33.0 Å². The Kier molecular flexibility index (Phi) is 5.73. The minimum atomic E-state index is -0.225. The van der Waals surface area contributed by atoms with E-state index in [1.807, 2.05) is 37.3 Å². The van der Waals surface area contributed by atoms with Gasteiger partial charge in [0.05, 0.1) is 32.9 Å². The Morgan fingerprint density at radius 2 is 1.71 bits per heavy atom. The normalized spacial score (nSPS) is 11.2. The fourth-order valence-electron chi connectivity index (χ4n) is 3.43. The fraction of sp³-hybridized carbons (Fsp3) is 0.174. The molecule has 0 atom stereocenters. The van der Waals surface area contributed by atoms with Gasteiger partial charge < -0.3 is 14.2 Å². The third kappa shape index (κ3) is 3.77. The van der Waals surface area contributed by atoms with Crippen LogP contribution >= 0.6 is 11.3 Å². The predicted octanol–water partition coefficient (Wildman–Crippen LogP) is 4.34. The van der Waals surface area contributed by atoms with Crippen molar-refractivity contribution in [3.63, 3.8) is 0 Å². The van der Waals surface area contributed by atoms with Crippen LogP contribution < -0.4 is 19.8 Å². The van der Waals surface area contributed by atoms with E-state index in [0.717, 1.165) is 16.0 Å². The molecule has 0 saturated heterocycles. The predicted molar refractivity (Wildman–Crippen MR) is 123 cm³/mol. The Labute approximate surface area is 183 Å². The van der Waals surface area contributed by atoms with Gasteiger partial charge in [0.2, 0.25) is 5.75 Å². The number of benzene rings is 2. The van der Waals surface area contributed by atoms with E-state index in [4.69, 9.17) is 14.2 Å². The molecule has 0 N–H and O–H groups in total. The molecule has 31 heavy (non-hydrogen) atoms. The van der Waals surface area contributed by atoms with Crippen LogP contribution in [0.5, 0.6) is 17.2 Å². The van der Waals surface area contributed by atoms with E-state index >= 15 is 0 Å². The number of aromatic nitrogens is 2. The van der Waals surface area contributed by atoms with Crippen LogP contribution in [0.15, 0.2) is 58.7 Å². The number of hydrogen-bond acceptors (Lipinski definition) is 7. The summed E-state index contributed by atoms with van der Waals surface area (Å²) in [6, 6.07) is 13.4. The second kappa shape index (κ2) is 8.61. The Hall–Kier alpha value is -3.65. The van der Waals surface area contributed by atoms with Crippen molar-refractivity contribution in [2.75, 3.05) is 21.3 Å². The van der Waals surface area contributed by atoms with Gasteiger partial charge in [0, 0.05) is 16.0 Å². The molecule has 2 aromatic heterocycles. The van der Waals surface area contributed by atoms with Gasteiger partial charge in [-0.1, -0.05) is 30.3 Å². The quantitative estimate of drug-likeness (QED) is 0.421. The topological polar surface area (TPSA) is 74.9 Å². The lowest BCUT2D eigenvalue weighted by Gasteiger charge is -2.12. The number of nitrogens with zero attached hydrogens (tertiary/aromatic N) is 3. The average molecular weight is 436 g/mol. The van der Waals surface area contributed by atoms with Crippen molar-refractivity contribution in [3.05, 3.63) is 69.6 Å². The Morgan fingerprint density at radius 3 is 2.32 bits per heavy atom. The first kappa shape index (κ1) is 20.6. The van der Waals surface area contributed by atoms with Crippen molar-refractivity contribution in [1.82, 2.24) is 9.66 Å². The summed E-state index contributed by atoms with van der Waals surface area (Å²) in [4.78, 5) is 19.4. The van der Waals surface area contributed by atoms with Crippen LogP contribution in [0.1, 0.15) is 10.4 Å². The molecule has 0 aliphatic carbocycles. The molecule has 0 unspecified atom stereocenters. The highest BCUT2D eigenvalue weighted by atomic mass is 32.1. The Bertz CT molecular complexity index is 1300. The summed E-state index contributed by atoms with van der Waals surface area (Å²) >= 11 is 1.50. The summed E-state index contributed by atoms with van der Waals surface area (Å²) in [5.74, 6) is 1.50. The van der Waals surface area contributed by atoms with Crippen LogP contribution in [0.3, 0.4) is 0 Å². The van der Waals surface area contributed by atoms with Crippen molar-refractivity contribution >= 4 is 27.8 Å². The van der Waals surface area contributed by atoms with Crippen molar-refractivity contribution in [3.8, 4) is 28.4 Å². The molecular weight excluding hydrogens is 414 g/mol. The minimum Gasteiger partial charge on any atom is -0.493 e. The van der Waals surface area contributed by atoms with E-state index in [1.54, 1.807) is 39.7 Å². The molecular formula is C23H21N3O4S. The van der Waals surface area contributed by atoms with Crippen LogP contribution in [-0.2, 0) is 0 Å². The number of hydrogen-bond donors (Lipinski definition) is 0. The van der Waals surface area contributed by atoms with Crippen LogP contribution in [0.2, 0.25) is 0 Å². The third-order valence-electron chi connectivity index (χ3n) is 4.85. The van der Waals surface area contributed by atoms with Gasteiger partial charge in [0.25, 0.3) is 5.56 Å². The number of fused-ring (bicyclic) bond motifs is 1. The number of methoxy groups -OCH3 is 3. The highest BCUT2D eigenvalue weighted by Crippen LogP contribution is 2.38. The summed E-state index contributed by atoms with van der Waals surface area (Å²) in [6.45, 7) is 2.00. The van der Waals surface area contributed by atoms with Gasteiger partial charge in [-0.2, -0.15) is 9.78 Å².